The first-order chi connectivity index (χ1) is 11.8. The molecule has 1 fully saturated rings. The molecule has 1 aromatic carbocycles. The van der Waals surface area contributed by atoms with Crippen LogP contribution in [0.3, 0.4) is 0 Å². The van der Waals surface area contributed by atoms with E-state index in [1.165, 1.54) is 0 Å². The lowest BCUT2D eigenvalue weighted by Gasteiger charge is -2.57. The minimum atomic E-state index is -0.946. The van der Waals surface area contributed by atoms with Crippen molar-refractivity contribution in [3.05, 3.63) is 34.7 Å². The van der Waals surface area contributed by atoms with Gasteiger partial charge in [-0.25, -0.2) is 4.79 Å². The van der Waals surface area contributed by atoms with E-state index in [9.17, 15) is 9.59 Å². The number of amides is 1. The molecule has 4 N–H and O–H groups in total. The Morgan fingerprint density at radius 2 is 2.12 bits per heavy atom. The molecule has 2 atom stereocenters. The minimum absolute atomic E-state index is 0. The maximum atomic E-state index is 12.6. The highest BCUT2D eigenvalue weighted by atomic mass is 35.5. The van der Waals surface area contributed by atoms with E-state index in [0.717, 1.165) is 11.0 Å². The molecule has 1 amide bonds. The Morgan fingerprint density at radius 3 is 2.77 bits per heavy atom. The second kappa shape index (κ2) is 7.42. The number of carbonyl (C=O) groups excluding carboxylic acids is 1. The molecule has 2 unspecified atom stereocenters. The number of para-hydroxylation sites is 2. The van der Waals surface area contributed by atoms with E-state index in [1.54, 1.807) is 4.57 Å². The van der Waals surface area contributed by atoms with Crippen LogP contribution in [0.25, 0.3) is 11.0 Å². The van der Waals surface area contributed by atoms with E-state index in [1.807, 2.05) is 45.0 Å². The molecule has 1 aromatic heterocycles. The second-order valence-corrected chi connectivity index (χ2v) is 7.20. The van der Waals surface area contributed by atoms with Gasteiger partial charge in [0, 0.05) is 31.5 Å². The van der Waals surface area contributed by atoms with Crippen LogP contribution in [0.1, 0.15) is 27.2 Å². The molecule has 0 radical (unpaired) electrons. The van der Waals surface area contributed by atoms with Crippen LogP contribution in [0.4, 0.5) is 0 Å². The smallest absolute Gasteiger partial charge is 0.326 e. The van der Waals surface area contributed by atoms with Crippen LogP contribution in [0.5, 0.6) is 0 Å². The normalized spacial score (nSPS) is 23.9. The Labute approximate surface area is 158 Å². The number of aromatic nitrogens is 2. The quantitative estimate of drug-likeness (QED) is 0.702. The van der Waals surface area contributed by atoms with Crippen molar-refractivity contribution in [3.63, 3.8) is 0 Å². The Kier molecular flexibility index (Phi) is 5.85. The molecule has 0 spiro atoms. The maximum Gasteiger partial charge on any atom is 0.326 e. The number of carbonyl (C=O) groups is 1. The predicted molar refractivity (Wildman–Crippen MR) is 104 cm³/mol. The lowest BCUT2D eigenvalue weighted by atomic mass is 9.54. The van der Waals surface area contributed by atoms with Crippen molar-refractivity contribution < 1.29 is 9.53 Å². The van der Waals surface area contributed by atoms with Gasteiger partial charge in [-0.3, -0.25) is 9.36 Å². The highest BCUT2D eigenvalue weighted by Crippen LogP contribution is 2.49. The number of aromatic amines is 1. The summed E-state index contributed by atoms with van der Waals surface area (Å²) >= 11 is 0. The standard InChI is InChI=1S/C18H26N4O3.ClH/c1-4-25-14-11-18(19,17(14,2)3)15(23)20-9-10-22-13-8-6-5-7-12(13)21-16(22)24;/h5-8,14H,4,9-11,19H2,1-3H3,(H,20,23)(H,21,24);1H. The van der Waals surface area contributed by atoms with E-state index >= 15 is 0 Å². The average molecular weight is 383 g/mol. The number of nitrogens with zero attached hydrogens (tertiary/aromatic N) is 1. The fourth-order valence-electron chi connectivity index (χ4n) is 3.59. The number of benzene rings is 1. The predicted octanol–water partition coefficient (Wildman–Crippen LogP) is 1.40. The molecule has 7 nitrogen and oxygen atoms in total. The molecular formula is C18H27ClN4O3. The number of rotatable bonds is 6. The second-order valence-electron chi connectivity index (χ2n) is 7.20. The van der Waals surface area contributed by atoms with Gasteiger partial charge in [0.2, 0.25) is 5.91 Å². The van der Waals surface area contributed by atoms with Gasteiger partial charge in [0.25, 0.3) is 0 Å². The number of fused-ring (bicyclic) bond motifs is 1. The number of nitrogens with one attached hydrogen (secondary N) is 2. The third-order valence-electron chi connectivity index (χ3n) is 5.54. The van der Waals surface area contributed by atoms with Gasteiger partial charge in [-0.05, 0) is 19.1 Å². The summed E-state index contributed by atoms with van der Waals surface area (Å²) in [6.07, 6.45) is 0.497. The molecule has 0 aliphatic heterocycles. The molecule has 1 aliphatic carbocycles. The van der Waals surface area contributed by atoms with Crippen molar-refractivity contribution in [1.82, 2.24) is 14.9 Å². The van der Waals surface area contributed by atoms with E-state index in [-0.39, 0.29) is 30.1 Å². The first-order valence-corrected chi connectivity index (χ1v) is 8.67. The average Bonchev–Trinajstić information content (AvgIpc) is 2.90. The van der Waals surface area contributed by atoms with E-state index in [2.05, 4.69) is 10.3 Å². The molecule has 0 bridgehead atoms. The largest absolute Gasteiger partial charge is 0.378 e. The third kappa shape index (κ3) is 3.15. The first-order valence-electron chi connectivity index (χ1n) is 8.67. The molecule has 1 saturated carbocycles. The van der Waals surface area contributed by atoms with Crippen LogP contribution >= 0.6 is 12.4 Å². The summed E-state index contributed by atoms with van der Waals surface area (Å²) in [4.78, 5) is 27.5. The van der Waals surface area contributed by atoms with Crippen molar-refractivity contribution in [2.45, 2.75) is 45.4 Å². The lowest BCUT2D eigenvalue weighted by molar-refractivity contribution is -0.170. The summed E-state index contributed by atoms with van der Waals surface area (Å²) in [6, 6.07) is 7.48. The van der Waals surface area contributed by atoms with E-state index < -0.39 is 11.0 Å². The van der Waals surface area contributed by atoms with Gasteiger partial charge in [-0.15, -0.1) is 12.4 Å². The van der Waals surface area contributed by atoms with Gasteiger partial charge in [0.1, 0.15) is 5.54 Å². The zero-order valence-corrected chi connectivity index (χ0v) is 16.2. The summed E-state index contributed by atoms with van der Waals surface area (Å²) in [5.41, 5.74) is 6.41. The highest BCUT2D eigenvalue weighted by Gasteiger charge is 2.62. The molecule has 1 aliphatic rings. The van der Waals surface area contributed by atoms with Crippen LogP contribution in [0.15, 0.2) is 29.1 Å². The number of imidazole rings is 1. The summed E-state index contributed by atoms with van der Waals surface area (Å²) in [7, 11) is 0. The molecule has 0 saturated heterocycles. The zero-order valence-electron chi connectivity index (χ0n) is 15.4. The molecule has 3 rings (SSSR count). The number of hydrogen-bond donors (Lipinski definition) is 3. The lowest BCUT2D eigenvalue weighted by Crippen LogP contribution is -2.75. The number of H-pyrrole nitrogens is 1. The Hall–Kier alpha value is -1.83. The molecular weight excluding hydrogens is 356 g/mol. The summed E-state index contributed by atoms with van der Waals surface area (Å²) in [5.74, 6) is -0.193. The van der Waals surface area contributed by atoms with Gasteiger partial charge >= 0.3 is 5.69 Å². The fraction of sp³-hybridized carbons (Fsp3) is 0.556. The summed E-state index contributed by atoms with van der Waals surface area (Å²) < 4.78 is 7.28. The molecule has 2 aromatic rings. The fourth-order valence-corrected chi connectivity index (χ4v) is 3.59. The van der Waals surface area contributed by atoms with E-state index in [0.29, 0.717) is 26.1 Å². The van der Waals surface area contributed by atoms with Crippen LogP contribution in [-0.2, 0) is 16.1 Å². The van der Waals surface area contributed by atoms with Crippen molar-refractivity contribution >= 4 is 29.3 Å². The van der Waals surface area contributed by atoms with Crippen molar-refractivity contribution in [3.8, 4) is 0 Å². The summed E-state index contributed by atoms with van der Waals surface area (Å²) in [5, 5.41) is 2.88. The number of halogens is 1. The van der Waals surface area contributed by atoms with E-state index in [4.69, 9.17) is 10.5 Å². The third-order valence-corrected chi connectivity index (χ3v) is 5.54. The van der Waals surface area contributed by atoms with Gasteiger partial charge in [-0.2, -0.15) is 0 Å². The zero-order chi connectivity index (χ0) is 18.2. The monoisotopic (exact) mass is 382 g/mol. The molecule has 1 heterocycles. The first kappa shape index (κ1) is 20.5. The van der Waals surface area contributed by atoms with Crippen molar-refractivity contribution in [2.75, 3.05) is 13.2 Å². The topological polar surface area (TPSA) is 102 Å². The maximum absolute atomic E-state index is 12.6. The summed E-state index contributed by atoms with van der Waals surface area (Å²) in [6.45, 7) is 7.19. The highest BCUT2D eigenvalue weighted by molar-refractivity contribution is 5.88. The molecule has 26 heavy (non-hydrogen) atoms. The van der Waals surface area contributed by atoms with Crippen LogP contribution < -0.4 is 16.7 Å². The number of hydrogen-bond acceptors (Lipinski definition) is 4. The molecule has 144 valence electrons. The number of ether oxygens (including phenoxy) is 1. The minimum Gasteiger partial charge on any atom is -0.378 e. The SMILES string of the molecule is CCOC1CC(N)(C(=O)NCCn2c(=O)[nH]c3ccccc32)C1(C)C.Cl. The number of nitrogens with two attached hydrogens (primary N) is 1. The van der Waals surface area contributed by atoms with Crippen LogP contribution in [0.2, 0.25) is 0 Å². The van der Waals surface area contributed by atoms with Gasteiger partial charge in [0.15, 0.2) is 0 Å². The Bertz CT molecular complexity index is 844. The van der Waals surface area contributed by atoms with Gasteiger partial charge in [-0.1, -0.05) is 26.0 Å². The van der Waals surface area contributed by atoms with Crippen molar-refractivity contribution in [1.29, 1.82) is 0 Å². The van der Waals surface area contributed by atoms with Gasteiger partial charge in [0.05, 0.1) is 17.1 Å². The van der Waals surface area contributed by atoms with Gasteiger partial charge < -0.3 is 20.8 Å². The molecule has 8 heteroatoms. The van der Waals surface area contributed by atoms with Crippen LogP contribution in [0, 0.1) is 5.41 Å². The van der Waals surface area contributed by atoms with Crippen molar-refractivity contribution in [2.24, 2.45) is 11.1 Å². The van der Waals surface area contributed by atoms with Crippen LogP contribution in [-0.4, -0.2) is 40.3 Å². The Morgan fingerprint density at radius 1 is 1.42 bits per heavy atom. The Balaban J connectivity index is 0.00000243.